The third-order valence-electron chi connectivity index (χ3n) is 2.73. The molecule has 0 aliphatic rings. The van der Waals surface area contributed by atoms with Gasteiger partial charge in [0.15, 0.2) is 0 Å². The SMILES string of the molecule is CCCC(C)C/C=C(\C=O)CCC(C)C. The van der Waals surface area contributed by atoms with Crippen LogP contribution in [-0.2, 0) is 4.79 Å². The maximum Gasteiger partial charge on any atom is 0.145 e. The zero-order valence-corrected chi connectivity index (χ0v) is 10.8. The van der Waals surface area contributed by atoms with Crippen molar-refractivity contribution in [3.8, 4) is 0 Å². The maximum absolute atomic E-state index is 10.8. The lowest BCUT2D eigenvalue weighted by Crippen LogP contribution is -1.95. The molecule has 88 valence electrons. The van der Waals surface area contributed by atoms with Gasteiger partial charge >= 0.3 is 0 Å². The monoisotopic (exact) mass is 210 g/mol. The van der Waals surface area contributed by atoms with Crippen LogP contribution in [-0.4, -0.2) is 6.29 Å². The van der Waals surface area contributed by atoms with Crippen LogP contribution in [0.25, 0.3) is 0 Å². The first kappa shape index (κ1) is 14.4. The summed E-state index contributed by atoms with van der Waals surface area (Å²) in [6.07, 6.45) is 8.77. The Balaban J connectivity index is 3.93. The van der Waals surface area contributed by atoms with Crippen molar-refractivity contribution in [2.24, 2.45) is 11.8 Å². The lowest BCUT2D eigenvalue weighted by molar-refractivity contribution is -0.105. The fourth-order valence-corrected chi connectivity index (χ4v) is 1.63. The average Bonchev–Trinajstić information content (AvgIpc) is 2.18. The Hall–Kier alpha value is -0.590. The number of allylic oxidation sites excluding steroid dienone is 2. The predicted octanol–water partition coefficient (Wildman–Crippen LogP) is 4.37. The molecule has 0 heterocycles. The van der Waals surface area contributed by atoms with Crippen LogP contribution in [0.4, 0.5) is 0 Å². The van der Waals surface area contributed by atoms with Crippen molar-refractivity contribution >= 4 is 6.29 Å². The zero-order chi connectivity index (χ0) is 11.7. The fraction of sp³-hybridized carbons (Fsp3) is 0.786. The molecule has 0 saturated carbocycles. The predicted molar refractivity (Wildman–Crippen MR) is 66.9 cm³/mol. The first-order chi connectivity index (χ1) is 7.10. The van der Waals surface area contributed by atoms with Gasteiger partial charge in [0.25, 0.3) is 0 Å². The fourth-order valence-electron chi connectivity index (χ4n) is 1.63. The van der Waals surface area contributed by atoms with Gasteiger partial charge in [-0.2, -0.15) is 0 Å². The Morgan fingerprint density at radius 3 is 2.33 bits per heavy atom. The third-order valence-corrected chi connectivity index (χ3v) is 2.73. The Morgan fingerprint density at radius 1 is 1.20 bits per heavy atom. The first-order valence-corrected chi connectivity index (χ1v) is 6.24. The van der Waals surface area contributed by atoms with Crippen molar-refractivity contribution in [1.82, 2.24) is 0 Å². The molecule has 0 N–H and O–H groups in total. The van der Waals surface area contributed by atoms with Crippen LogP contribution < -0.4 is 0 Å². The van der Waals surface area contributed by atoms with Crippen LogP contribution in [0.15, 0.2) is 11.6 Å². The molecule has 1 heteroatoms. The minimum atomic E-state index is 0.682. The largest absolute Gasteiger partial charge is 0.298 e. The second-order valence-electron chi connectivity index (χ2n) is 4.96. The molecule has 0 bridgehead atoms. The average molecular weight is 210 g/mol. The molecule has 0 spiro atoms. The van der Waals surface area contributed by atoms with E-state index in [9.17, 15) is 4.79 Å². The van der Waals surface area contributed by atoms with E-state index in [1.165, 1.54) is 12.8 Å². The second kappa shape index (κ2) is 8.70. The van der Waals surface area contributed by atoms with Crippen molar-refractivity contribution in [1.29, 1.82) is 0 Å². The summed E-state index contributed by atoms with van der Waals surface area (Å²) in [5, 5.41) is 0. The van der Waals surface area contributed by atoms with E-state index in [0.29, 0.717) is 11.8 Å². The van der Waals surface area contributed by atoms with Gasteiger partial charge in [-0.3, -0.25) is 4.79 Å². The van der Waals surface area contributed by atoms with E-state index in [0.717, 1.165) is 31.1 Å². The van der Waals surface area contributed by atoms with E-state index in [4.69, 9.17) is 0 Å². The highest BCUT2D eigenvalue weighted by Crippen LogP contribution is 2.15. The van der Waals surface area contributed by atoms with Gasteiger partial charge in [0, 0.05) is 0 Å². The van der Waals surface area contributed by atoms with Gasteiger partial charge in [0.05, 0.1) is 0 Å². The highest BCUT2D eigenvalue weighted by Gasteiger charge is 2.01. The molecule has 0 saturated heterocycles. The van der Waals surface area contributed by atoms with Crippen LogP contribution in [0.5, 0.6) is 0 Å². The summed E-state index contributed by atoms with van der Waals surface area (Å²) < 4.78 is 0. The van der Waals surface area contributed by atoms with Gasteiger partial charge in [-0.15, -0.1) is 0 Å². The first-order valence-electron chi connectivity index (χ1n) is 6.24. The maximum atomic E-state index is 10.8. The van der Waals surface area contributed by atoms with Gasteiger partial charge in [-0.25, -0.2) is 0 Å². The molecule has 1 unspecified atom stereocenters. The molecule has 0 aliphatic heterocycles. The molecule has 0 amide bonds. The Kier molecular flexibility index (Phi) is 8.35. The highest BCUT2D eigenvalue weighted by molar-refractivity contribution is 5.72. The molecule has 0 aromatic carbocycles. The van der Waals surface area contributed by atoms with Crippen LogP contribution in [0.2, 0.25) is 0 Å². The number of carbonyl (C=O) groups is 1. The number of hydrogen-bond acceptors (Lipinski definition) is 1. The summed E-state index contributed by atoms with van der Waals surface area (Å²) in [4.78, 5) is 10.8. The van der Waals surface area contributed by atoms with Crippen LogP contribution >= 0.6 is 0 Å². The van der Waals surface area contributed by atoms with Crippen molar-refractivity contribution in [3.63, 3.8) is 0 Å². The van der Waals surface area contributed by atoms with Crippen LogP contribution in [0.3, 0.4) is 0 Å². The van der Waals surface area contributed by atoms with Crippen molar-refractivity contribution in [2.75, 3.05) is 0 Å². The quantitative estimate of drug-likeness (QED) is 0.429. The van der Waals surface area contributed by atoms with Crippen molar-refractivity contribution in [2.45, 2.75) is 59.8 Å². The summed E-state index contributed by atoms with van der Waals surface area (Å²) in [6.45, 7) is 8.86. The smallest absolute Gasteiger partial charge is 0.145 e. The van der Waals surface area contributed by atoms with E-state index in [1.807, 2.05) is 0 Å². The van der Waals surface area contributed by atoms with E-state index in [1.54, 1.807) is 0 Å². The molecule has 0 aromatic heterocycles. The van der Waals surface area contributed by atoms with E-state index >= 15 is 0 Å². The van der Waals surface area contributed by atoms with Crippen molar-refractivity contribution < 1.29 is 4.79 Å². The Bertz CT molecular complexity index is 192. The summed E-state index contributed by atoms with van der Waals surface area (Å²) >= 11 is 0. The number of hydrogen-bond donors (Lipinski definition) is 0. The van der Waals surface area contributed by atoms with Crippen LogP contribution in [0, 0.1) is 11.8 Å². The summed E-state index contributed by atoms with van der Waals surface area (Å²) in [6, 6.07) is 0. The molecular formula is C14H26O. The Labute approximate surface area is 95.0 Å². The van der Waals surface area contributed by atoms with Crippen LogP contribution in [0.1, 0.15) is 59.8 Å². The molecule has 15 heavy (non-hydrogen) atoms. The van der Waals surface area contributed by atoms with Gasteiger partial charge in [0.2, 0.25) is 0 Å². The molecule has 0 aliphatic carbocycles. The van der Waals surface area contributed by atoms with E-state index < -0.39 is 0 Å². The molecule has 0 aromatic rings. The van der Waals surface area contributed by atoms with Gasteiger partial charge in [-0.1, -0.05) is 46.6 Å². The summed E-state index contributed by atoms with van der Waals surface area (Å²) in [5.41, 5.74) is 0.992. The van der Waals surface area contributed by atoms with Crippen molar-refractivity contribution in [3.05, 3.63) is 11.6 Å². The van der Waals surface area contributed by atoms with Gasteiger partial charge in [-0.05, 0) is 36.7 Å². The summed E-state index contributed by atoms with van der Waals surface area (Å²) in [7, 11) is 0. The molecular weight excluding hydrogens is 184 g/mol. The number of carbonyl (C=O) groups excluding carboxylic acids is 1. The minimum absolute atomic E-state index is 0.682. The third kappa shape index (κ3) is 8.41. The second-order valence-corrected chi connectivity index (χ2v) is 4.96. The number of rotatable bonds is 8. The summed E-state index contributed by atoms with van der Waals surface area (Å²) in [5.74, 6) is 1.39. The van der Waals surface area contributed by atoms with Gasteiger partial charge < -0.3 is 0 Å². The molecule has 0 radical (unpaired) electrons. The standard InChI is InChI=1S/C14H26O/c1-5-6-13(4)8-10-14(11-15)9-7-12(2)3/h10-13H,5-9H2,1-4H3/b14-10-. The minimum Gasteiger partial charge on any atom is -0.298 e. The van der Waals surface area contributed by atoms with Gasteiger partial charge in [0.1, 0.15) is 6.29 Å². The highest BCUT2D eigenvalue weighted by atomic mass is 16.1. The number of aldehydes is 1. The zero-order valence-electron chi connectivity index (χ0n) is 10.8. The molecule has 0 fully saturated rings. The topological polar surface area (TPSA) is 17.1 Å². The molecule has 1 nitrogen and oxygen atoms in total. The van der Waals surface area contributed by atoms with E-state index in [-0.39, 0.29) is 0 Å². The lowest BCUT2D eigenvalue weighted by Gasteiger charge is -2.08. The molecule has 0 rings (SSSR count). The normalized spacial score (nSPS) is 14.3. The lowest BCUT2D eigenvalue weighted by atomic mass is 9.98. The Morgan fingerprint density at radius 2 is 1.87 bits per heavy atom. The molecule has 1 atom stereocenters. The van der Waals surface area contributed by atoms with E-state index in [2.05, 4.69) is 33.8 Å².